The Labute approximate surface area is 113 Å². The topological polar surface area (TPSA) is 110 Å². The molecule has 1 aromatic heterocycles. The second-order valence-corrected chi connectivity index (χ2v) is 4.01. The lowest BCUT2D eigenvalue weighted by Crippen LogP contribution is -2.19. The Morgan fingerprint density at radius 1 is 1.58 bits per heavy atom. The Balaban J connectivity index is 2.73. The van der Waals surface area contributed by atoms with E-state index in [1.165, 1.54) is 12.5 Å². The van der Waals surface area contributed by atoms with Gasteiger partial charge in [-0.3, -0.25) is 10.1 Å². The molecule has 8 nitrogen and oxygen atoms in total. The van der Waals surface area contributed by atoms with Gasteiger partial charge >= 0.3 is 5.97 Å². The van der Waals surface area contributed by atoms with Gasteiger partial charge in [0, 0.05) is 12.0 Å². The molecule has 0 atom stereocenters. The molecule has 0 saturated carbocycles. The normalized spacial score (nSPS) is 11.2. The molecule has 9 heteroatoms. The van der Waals surface area contributed by atoms with Crippen LogP contribution in [0.1, 0.15) is 12.6 Å². The van der Waals surface area contributed by atoms with Crippen LogP contribution in [0.5, 0.6) is 0 Å². The first kappa shape index (κ1) is 15.1. The van der Waals surface area contributed by atoms with Crippen LogP contribution in [0.15, 0.2) is 10.5 Å². The number of rotatable bonds is 7. The summed E-state index contributed by atoms with van der Waals surface area (Å²) in [4.78, 5) is 30.6. The number of carbonyl (C=O) groups excluding carboxylic acids is 1. The number of carboxylic acids is 1. The van der Waals surface area contributed by atoms with Gasteiger partial charge in [0.1, 0.15) is 19.4 Å². The van der Waals surface area contributed by atoms with Crippen molar-refractivity contribution in [1.29, 1.82) is 0 Å². The molecule has 19 heavy (non-hydrogen) atoms. The van der Waals surface area contributed by atoms with E-state index in [1.54, 1.807) is 6.92 Å². The van der Waals surface area contributed by atoms with E-state index in [1.807, 2.05) is 0 Å². The smallest absolute Gasteiger partial charge is 0.360 e. The average Bonchev–Trinajstić information content (AvgIpc) is 2.81. The van der Waals surface area contributed by atoms with Crippen molar-refractivity contribution in [2.24, 2.45) is 5.16 Å². The first-order valence-corrected chi connectivity index (χ1v) is 6.14. The van der Waals surface area contributed by atoms with Crippen LogP contribution in [0.4, 0.5) is 5.13 Å². The van der Waals surface area contributed by atoms with Gasteiger partial charge in [-0.15, -0.1) is 11.3 Å². The van der Waals surface area contributed by atoms with Gasteiger partial charge in [-0.05, 0) is 6.92 Å². The number of carbonyl (C=O) groups is 2. The van der Waals surface area contributed by atoms with E-state index >= 15 is 0 Å². The second kappa shape index (κ2) is 7.44. The predicted octanol–water partition coefficient (Wildman–Crippen LogP) is 0.553. The Kier molecular flexibility index (Phi) is 5.90. The average molecular weight is 287 g/mol. The van der Waals surface area contributed by atoms with Crippen LogP contribution in [0.2, 0.25) is 0 Å². The molecular formula is C10H13N3O5S. The number of ether oxygens (including phenoxy) is 1. The molecular weight excluding hydrogens is 274 g/mol. The molecule has 0 aliphatic heterocycles. The van der Waals surface area contributed by atoms with Gasteiger partial charge in [-0.25, -0.2) is 9.78 Å². The summed E-state index contributed by atoms with van der Waals surface area (Å²) in [6, 6.07) is 0. The van der Waals surface area contributed by atoms with Crippen LogP contribution < -0.4 is 5.32 Å². The third-order valence-electron chi connectivity index (χ3n) is 1.82. The zero-order chi connectivity index (χ0) is 14.3. The summed E-state index contributed by atoms with van der Waals surface area (Å²) in [6.07, 6.45) is 0. The molecule has 1 heterocycles. The molecule has 1 rings (SSSR count). The van der Waals surface area contributed by atoms with Gasteiger partial charge in [0.05, 0.1) is 0 Å². The maximum Gasteiger partial charge on any atom is 0.360 e. The van der Waals surface area contributed by atoms with Crippen molar-refractivity contribution in [1.82, 2.24) is 4.98 Å². The van der Waals surface area contributed by atoms with Crippen LogP contribution in [-0.2, 0) is 19.2 Å². The number of amides is 1. The molecule has 0 fully saturated rings. The quantitative estimate of drug-likeness (QED) is 0.560. The number of aromatic nitrogens is 1. The highest BCUT2D eigenvalue weighted by atomic mass is 32.1. The third-order valence-corrected chi connectivity index (χ3v) is 2.57. The number of carboxylic acid groups (broad SMARTS) is 1. The van der Waals surface area contributed by atoms with Gasteiger partial charge < -0.3 is 14.7 Å². The van der Waals surface area contributed by atoms with Crippen LogP contribution in [-0.4, -0.2) is 48.0 Å². The summed E-state index contributed by atoms with van der Waals surface area (Å²) in [5.41, 5.74) is -0.213. The summed E-state index contributed by atoms with van der Waals surface area (Å²) >= 11 is 1.08. The third kappa shape index (κ3) is 4.64. The molecule has 0 unspecified atom stereocenters. The van der Waals surface area contributed by atoms with E-state index in [0.29, 0.717) is 6.61 Å². The van der Waals surface area contributed by atoms with Crippen molar-refractivity contribution >= 4 is 34.1 Å². The van der Waals surface area contributed by atoms with E-state index in [0.717, 1.165) is 11.3 Å². The molecule has 0 spiro atoms. The highest BCUT2D eigenvalue weighted by Gasteiger charge is 2.18. The van der Waals surface area contributed by atoms with Gasteiger partial charge in [-0.2, -0.15) is 0 Å². The van der Waals surface area contributed by atoms with Crippen molar-refractivity contribution in [3.63, 3.8) is 0 Å². The molecule has 0 aromatic carbocycles. The highest BCUT2D eigenvalue weighted by Crippen LogP contribution is 2.16. The van der Waals surface area contributed by atoms with Crippen LogP contribution in [0, 0.1) is 0 Å². The van der Waals surface area contributed by atoms with Gasteiger partial charge in [-0.1, -0.05) is 5.16 Å². The Morgan fingerprint density at radius 2 is 2.32 bits per heavy atom. The van der Waals surface area contributed by atoms with Gasteiger partial charge in [0.15, 0.2) is 5.13 Å². The molecule has 0 radical (unpaired) electrons. The maximum absolute atomic E-state index is 11.4. The van der Waals surface area contributed by atoms with Crippen molar-refractivity contribution in [2.75, 3.05) is 25.6 Å². The number of hydrogen-bond acceptors (Lipinski definition) is 7. The van der Waals surface area contributed by atoms with Crippen molar-refractivity contribution in [2.45, 2.75) is 6.92 Å². The number of anilines is 1. The fourth-order valence-corrected chi connectivity index (χ4v) is 1.79. The van der Waals surface area contributed by atoms with E-state index in [-0.39, 0.29) is 29.1 Å². The summed E-state index contributed by atoms with van der Waals surface area (Å²) < 4.78 is 4.93. The first-order valence-electron chi connectivity index (χ1n) is 5.26. The SMILES string of the molecule is CCOCC(=O)Nc1nc(C(=NOC)C(=O)O)cs1. The van der Waals surface area contributed by atoms with Gasteiger partial charge in [0.2, 0.25) is 5.71 Å². The first-order chi connectivity index (χ1) is 9.08. The Hall–Kier alpha value is -2.00. The molecule has 0 saturated heterocycles. The summed E-state index contributed by atoms with van der Waals surface area (Å²) in [5, 5.41) is 16.5. The largest absolute Gasteiger partial charge is 0.476 e. The van der Waals surface area contributed by atoms with E-state index in [9.17, 15) is 9.59 Å². The lowest BCUT2D eigenvalue weighted by molar-refractivity contribution is -0.129. The molecule has 0 aliphatic rings. The monoisotopic (exact) mass is 287 g/mol. The lowest BCUT2D eigenvalue weighted by Gasteiger charge is -2.00. The fourth-order valence-electron chi connectivity index (χ4n) is 1.08. The Morgan fingerprint density at radius 3 is 2.89 bits per heavy atom. The molecule has 104 valence electrons. The lowest BCUT2D eigenvalue weighted by atomic mass is 10.3. The molecule has 0 bridgehead atoms. The molecule has 1 amide bonds. The van der Waals surface area contributed by atoms with Crippen molar-refractivity contribution in [3.05, 3.63) is 11.1 Å². The zero-order valence-corrected chi connectivity index (χ0v) is 11.2. The number of aliphatic carboxylic acids is 1. The minimum absolute atomic E-state index is 0.0800. The fraction of sp³-hybridized carbons (Fsp3) is 0.400. The predicted molar refractivity (Wildman–Crippen MR) is 68.4 cm³/mol. The van der Waals surface area contributed by atoms with Crippen molar-refractivity contribution < 1.29 is 24.3 Å². The summed E-state index contributed by atoms with van der Waals surface area (Å²) in [7, 11) is 1.24. The standard InChI is InChI=1S/C10H13N3O5S/c1-3-18-4-7(14)12-10-11-6(5-19-10)8(9(15)16)13-17-2/h5H,3-4H2,1-2H3,(H,15,16)(H,11,12,14). The minimum atomic E-state index is -1.26. The molecule has 1 aromatic rings. The number of hydrogen-bond donors (Lipinski definition) is 2. The van der Waals surface area contributed by atoms with E-state index in [2.05, 4.69) is 20.3 Å². The number of nitrogens with zero attached hydrogens (tertiary/aromatic N) is 2. The molecule has 2 N–H and O–H groups in total. The van der Waals surface area contributed by atoms with E-state index in [4.69, 9.17) is 9.84 Å². The summed E-state index contributed by atoms with van der Waals surface area (Å²) in [6.45, 7) is 2.12. The maximum atomic E-state index is 11.4. The van der Waals surface area contributed by atoms with Crippen LogP contribution in [0.3, 0.4) is 0 Å². The second-order valence-electron chi connectivity index (χ2n) is 3.15. The number of nitrogens with one attached hydrogen (secondary N) is 1. The Bertz CT molecular complexity index is 485. The zero-order valence-electron chi connectivity index (χ0n) is 10.4. The number of thiazole rings is 1. The van der Waals surface area contributed by atoms with Crippen LogP contribution in [0.25, 0.3) is 0 Å². The molecule has 0 aliphatic carbocycles. The van der Waals surface area contributed by atoms with E-state index < -0.39 is 5.97 Å². The van der Waals surface area contributed by atoms with Crippen LogP contribution >= 0.6 is 11.3 Å². The summed E-state index contributed by atoms with van der Waals surface area (Å²) in [5.74, 6) is -1.62. The highest BCUT2D eigenvalue weighted by molar-refractivity contribution is 7.14. The number of oxime groups is 1. The van der Waals surface area contributed by atoms with Gasteiger partial charge in [0.25, 0.3) is 5.91 Å². The minimum Gasteiger partial charge on any atom is -0.476 e. The van der Waals surface area contributed by atoms with Crippen molar-refractivity contribution in [3.8, 4) is 0 Å².